The normalized spacial score (nSPS) is 11.0. The highest BCUT2D eigenvalue weighted by Gasteiger charge is 2.13. The Morgan fingerprint density at radius 1 is 1.12 bits per heavy atom. The van der Waals surface area contributed by atoms with Gasteiger partial charge in [-0.2, -0.15) is 0 Å². The van der Waals surface area contributed by atoms with Gasteiger partial charge < -0.3 is 10.1 Å². The number of methoxy groups -OCH3 is 1. The van der Waals surface area contributed by atoms with Crippen molar-refractivity contribution in [3.8, 4) is 5.75 Å². The molecule has 128 valence electrons. The number of nitrogens with one attached hydrogen (secondary N) is 2. The van der Waals surface area contributed by atoms with Gasteiger partial charge in [-0.15, -0.1) is 0 Å². The lowest BCUT2D eigenvalue weighted by Crippen LogP contribution is -2.14. The molecule has 0 unspecified atom stereocenters. The number of benzene rings is 2. The molecule has 0 heterocycles. The van der Waals surface area contributed by atoms with Gasteiger partial charge in [-0.3, -0.25) is 9.52 Å². The molecule has 0 aliphatic rings. The van der Waals surface area contributed by atoms with Crippen molar-refractivity contribution in [2.24, 2.45) is 0 Å². The second kappa shape index (κ2) is 6.92. The standard InChI is InChI=1S/C17H20N2O4S/c1-11-6-5-7-14(12(11)2)17(20)18-13-8-9-15(16(10-13)23-3)19-24(4,21)22/h5-10,19H,1-4H3,(H,18,20). The maximum absolute atomic E-state index is 12.4. The van der Waals surface area contributed by atoms with Gasteiger partial charge >= 0.3 is 0 Å². The van der Waals surface area contributed by atoms with Crippen molar-refractivity contribution >= 4 is 27.3 Å². The van der Waals surface area contributed by atoms with Crippen LogP contribution >= 0.6 is 0 Å². The summed E-state index contributed by atoms with van der Waals surface area (Å²) < 4.78 is 30.2. The van der Waals surface area contributed by atoms with Crippen molar-refractivity contribution in [2.45, 2.75) is 13.8 Å². The van der Waals surface area contributed by atoms with E-state index in [-0.39, 0.29) is 5.91 Å². The number of hydrogen-bond acceptors (Lipinski definition) is 4. The number of anilines is 2. The number of carbonyl (C=O) groups is 1. The Bertz CT molecular complexity index is 876. The smallest absolute Gasteiger partial charge is 0.255 e. The number of sulfonamides is 1. The summed E-state index contributed by atoms with van der Waals surface area (Å²) >= 11 is 0. The number of carbonyl (C=O) groups excluding carboxylic acids is 1. The number of rotatable bonds is 5. The molecule has 0 radical (unpaired) electrons. The Hall–Kier alpha value is -2.54. The highest BCUT2D eigenvalue weighted by molar-refractivity contribution is 7.92. The summed E-state index contributed by atoms with van der Waals surface area (Å²) in [4.78, 5) is 12.4. The number of hydrogen-bond donors (Lipinski definition) is 2. The van der Waals surface area contributed by atoms with E-state index in [0.29, 0.717) is 22.7 Å². The third-order valence-electron chi connectivity index (χ3n) is 3.60. The lowest BCUT2D eigenvalue weighted by Gasteiger charge is -2.13. The van der Waals surface area contributed by atoms with Gasteiger partial charge in [-0.25, -0.2) is 8.42 Å². The molecule has 2 aromatic rings. The molecular formula is C17H20N2O4S. The highest BCUT2D eigenvalue weighted by atomic mass is 32.2. The minimum absolute atomic E-state index is 0.234. The van der Waals surface area contributed by atoms with Crippen LogP contribution in [0.1, 0.15) is 21.5 Å². The van der Waals surface area contributed by atoms with Gasteiger partial charge in [0.05, 0.1) is 19.1 Å². The fraction of sp³-hybridized carbons (Fsp3) is 0.235. The fourth-order valence-electron chi connectivity index (χ4n) is 2.25. The van der Waals surface area contributed by atoms with Crippen LogP contribution in [0.4, 0.5) is 11.4 Å². The molecule has 0 aliphatic heterocycles. The van der Waals surface area contributed by atoms with Crippen molar-refractivity contribution < 1.29 is 17.9 Å². The third-order valence-corrected chi connectivity index (χ3v) is 4.19. The molecular weight excluding hydrogens is 328 g/mol. The monoisotopic (exact) mass is 348 g/mol. The first-order valence-electron chi connectivity index (χ1n) is 7.24. The van der Waals surface area contributed by atoms with Crippen molar-refractivity contribution in [3.05, 3.63) is 53.1 Å². The van der Waals surface area contributed by atoms with Crippen molar-refractivity contribution in [2.75, 3.05) is 23.4 Å². The maximum atomic E-state index is 12.4. The van der Waals surface area contributed by atoms with Crippen LogP contribution < -0.4 is 14.8 Å². The summed E-state index contributed by atoms with van der Waals surface area (Å²) in [5, 5.41) is 2.79. The highest BCUT2D eigenvalue weighted by Crippen LogP contribution is 2.29. The molecule has 0 fully saturated rings. The largest absolute Gasteiger partial charge is 0.494 e. The fourth-order valence-corrected chi connectivity index (χ4v) is 2.82. The number of aryl methyl sites for hydroxylation is 1. The summed E-state index contributed by atoms with van der Waals surface area (Å²) in [6.07, 6.45) is 1.06. The van der Waals surface area contributed by atoms with E-state index < -0.39 is 10.0 Å². The van der Waals surface area contributed by atoms with Crippen molar-refractivity contribution in [1.29, 1.82) is 0 Å². The summed E-state index contributed by atoms with van der Waals surface area (Å²) in [6, 6.07) is 10.3. The van der Waals surface area contributed by atoms with E-state index in [2.05, 4.69) is 10.0 Å². The Balaban J connectivity index is 2.27. The Morgan fingerprint density at radius 2 is 1.83 bits per heavy atom. The quantitative estimate of drug-likeness (QED) is 0.870. The van der Waals surface area contributed by atoms with E-state index in [1.807, 2.05) is 26.0 Å². The van der Waals surface area contributed by atoms with Crippen LogP contribution in [-0.4, -0.2) is 27.7 Å². The van der Waals surface area contributed by atoms with Crippen LogP contribution in [0.15, 0.2) is 36.4 Å². The van der Waals surface area contributed by atoms with Crippen LogP contribution in [0.25, 0.3) is 0 Å². The van der Waals surface area contributed by atoms with E-state index in [9.17, 15) is 13.2 Å². The van der Waals surface area contributed by atoms with Gasteiger partial charge in [0.15, 0.2) is 0 Å². The van der Waals surface area contributed by atoms with E-state index >= 15 is 0 Å². The molecule has 2 aromatic carbocycles. The van der Waals surface area contributed by atoms with Crippen LogP contribution in [0.3, 0.4) is 0 Å². The molecule has 1 amide bonds. The Kier molecular flexibility index (Phi) is 5.14. The van der Waals surface area contributed by atoms with Gasteiger partial charge in [-0.05, 0) is 43.2 Å². The van der Waals surface area contributed by atoms with E-state index in [1.165, 1.54) is 7.11 Å². The average Bonchev–Trinajstić information content (AvgIpc) is 2.50. The first-order valence-corrected chi connectivity index (χ1v) is 9.14. The molecule has 2 N–H and O–H groups in total. The molecule has 7 heteroatoms. The lowest BCUT2D eigenvalue weighted by molar-refractivity contribution is 0.102. The SMILES string of the molecule is COc1cc(NC(=O)c2cccc(C)c2C)ccc1NS(C)(=O)=O. The second-order valence-corrected chi connectivity index (χ2v) is 7.24. The Labute approximate surface area is 141 Å². The predicted octanol–water partition coefficient (Wildman–Crippen LogP) is 2.94. The van der Waals surface area contributed by atoms with Gasteiger partial charge in [0, 0.05) is 17.3 Å². The topological polar surface area (TPSA) is 84.5 Å². The summed E-state index contributed by atoms with van der Waals surface area (Å²) in [7, 11) is -1.99. The molecule has 0 bridgehead atoms. The van der Waals surface area contributed by atoms with Crippen molar-refractivity contribution in [3.63, 3.8) is 0 Å². The van der Waals surface area contributed by atoms with Crippen LogP contribution in [0.5, 0.6) is 5.75 Å². The summed E-state index contributed by atoms with van der Waals surface area (Å²) in [5.74, 6) is 0.0845. The lowest BCUT2D eigenvalue weighted by atomic mass is 10.0. The molecule has 24 heavy (non-hydrogen) atoms. The van der Waals surface area contributed by atoms with E-state index in [1.54, 1.807) is 24.3 Å². The van der Waals surface area contributed by atoms with E-state index in [0.717, 1.165) is 17.4 Å². The summed E-state index contributed by atoms with van der Waals surface area (Å²) in [6.45, 7) is 3.84. The predicted molar refractivity (Wildman–Crippen MR) is 95.3 cm³/mol. The minimum atomic E-state index is -3.42. The van der Waals surface area contributed by atoms with Gasteiger partial charge in [-0.1, -0.05) is 12.1 Å². The Morgan fingerprint density at radius 3 is 2.46 bits per heavy atom. The average molecular weight is 348 g/mol. The summed E-state index contributed by atoms with van der Waals surface area (Å²) in [5.41, 5.74) is 3.36. The molecule has 2 rings (SSSR count). The van der Waals surface area contributed by atoms with E-state index in [4.69, 9.17) is 4.74 Å². The van der Waals surface area contributed by atoms with Crippen molar-refractivity contribution in [1.82, 2.24) is 0 Å². The number of ether oxygens (including phenoxy) is 1. The van der Waals surface area contributed by atoms with Crippen LogP contribution in [0.2, 0.25) is 0 Å². The zero-order valence-electron chi connectivity index (χ0n) is 14.0. The molecule has 6 nitrogen and oxygen atoms in total. The number of amides is 1. The maximum Gasteiger partial charge on any atom is 0.255 e. The zero-order valence-corrected chi connectivity index (χ0v) is 14.8. The van der Waals surface area contributed by atoms with Gasteiger partial charge in [0.2, 0.25) is 10.0 Å². The van der Waals surface area contributed by atoms with Crippen LogP contribution in [0, 0.1) is 13.8 Å². The zero-order chi connectivity index (χ0) is 17.9. The molecule has 0 aliphatic carbocycles. The molecule has 0 saturated heterocycles. The second-order valence-electron chi connectivity index (χ2n) is 5.49. The van der Waals surface area contributed by atoms with Gasteiger partial charge in [0.25, 0.3) is 5.91 Å². The first kappa shape index (κ1) is 17.8. The molecule has 0 saturated carbocycles. The first-order chi connectivity index (χ1) is 11.2. The molecule has 0 atom stereocenters. The molecule has 0 aromatic heterocycles. The van der Waals surface area contributed by atoms with Crippen LogP contribution in [-0.2, 0) is 10.0 Å². The minimum Gasteiger partial charge on any atom is -0.494 e. The van der Waals surface area contributed by atoms with Gasteiger partial charge in [0.1, 0.15) is 5.75 Å². The molecule has 0 spiro atoms. The third kappa shape index (κ3) is 4.26.